The fraction of sp³-hybridized carbons (Fsp3) is 0.500. The molecule has 1 amide bonds. The third kappa shape index (κ3) is 2.68. The van der Waals surface area contributed by atoms with Gasteiger partial charge in [-0.15, -0.1) is 11.3 Å². The van der Waals surface area contributed by atoms with E-state index < -0.39 is 0 Å². The predicted octanol–water partition coefficient (Wildman–Crippen LogP) is 3.47. The number of halogens is 1. The van der Waals surface area contributed by atoms with Crippen LogP contribution in [-0.2, 0) is 16.8 Å². The molecule has 1 aliphatic carbocycles. The molecule has 0 radical (unpaired) electrons. The highest BCUT2D eigenvalue weighted by atomic mass is 35.5. The molecule has 0 aromatic carbocycles. The van der Waals surface area contributed by atoms with E-state index in [1.807, 2.05) is 11.4 Å². The summed E-state index contributed by atoms with van der Waals surface area (Å²) in [7, 11) is 0. The summed E-state index contributed by atoms with van der Waals surface area (Å²) < 4.78 is 1.80. The van der Waals surface area contributed by atoms with Crippen molar-refractivity contribution in [2.75, 3.05) is 6.54 Å². The zero-order valence-electron chi connectivity index (χ0n) is 12.8. The molecule has 3 rings (SSSR count). The van der Waals surface area contributed by atoms with E-state index in [0.29, 0.717) is 11.6 Å². The van der Waals surface area contributed by atoms with Crippen LogP contribution in [0.4, 0.5) is 0 Å². The van der Waals surface area contributed by atoms with E-state index in [9.17, 15) is 4.79 Å². The van der Waals surface area contributed by atoms with Crippen LogP contribution in [0.5, 0.6) is 0 Å². The second-order valence-corrected chi connectivity index (χ2v) is 7.86. The van der Waals surface area contributed by atoms with E-state index in [1.165, 1.54) is 4.88 Å². The van der Waals surface area contributed by atoms with Gasteiger partial charge < -0.3 is 5.32 Å². The van der Waals surface area contributed by atoms with Crippen molar-refractivity contribution in [1.82, 2.24) is 15.1 Å². The van der Waals surface area contributed by atoms with Gasteiger partial charge in [0.05, 0.1) is 16.6 Å². The SMILES string of the molecule is CC1(C)CC1(C(=O)NCCCn1cc(Cl)cn1)c1cccs1. The summed E-state index contributed by atoms with van der Waals surface area (Å²) >= 11 is 7.50. The summed E-state index contributed by atoms with van der Waals surface area (Å²) in [6.45, 7) is 5.73. The average Bonchev–Trinajstić information content (AvgIpc) is 2.91. The minimum atomic E-state index is -0.337. The quantitative estimate of drug-likeness (QED) is 0.820. The van der Waals surface area contributed by atoms with E-state index in [0.717, 1.165) is 19.4 Å². The van der Waals surface area contributed by atoms with E-state index in [-0.39, 0.29) is 16.7 Å². The number of thiophene rings is 1. The fourth-order valence-electron chi connectivity index (χ4n) is 3.11. The van der Waals surface area contributed by atoms with Crippen LogP contribution in [-0.4, -0.2) is 22.2 Å². The van der Waals surface area contributed by atoms with E-state index in [4.69, 9.17) is 11.6 Å². The molecular formula is C16H20ClN3OS. The first-order valence-corrected chi connectivity index (χ1v) is 8.72. The third-order valence-electron chi connectivity index (χ3n) is 4.52. The summed E-state index contributed by atoms with van der Waals surface area (Å²) in [5.41, 5.74) is -0.298. The smallest absolute Gasteiger partial charge is 0.232 e. The van der Waals surface area contributed by atoms with Crippen molar-refractivity contribution in [3.8, 4) is 0 Å². The van der Waals surface area contributed by atoms with Crippen LogP contribution in [0, 0.1) is 5.41 Å². The summed E-state index contributed by atoms with van der Waals surface area (Å²) in [5, 5.41) is 9.91. The number of hydrogen-bond acceptors (Lipinski definition) is 3. The molecule has 1 unspecified atom stereocenters. The molecule has 1 N–H and O–H groups in total. The van der Waals surface area contributed by atoms with Crippen LogP contribution in [0.1, 0.15) is 31.6 Å². The number of carbonyl (C=O) groups is 1. The lowest BCUT2D eigenvalue weighted by Crippen LogP contribution is -2.38. The van der Waals surface area contributed by atoms with Crippen LogP contribution in [0.2, 0.25) is 5.02 Å². The molecule has 0 spiro atoms. The summed E-state index contributed by atoms with van der Waals surface area (Å²) in [4.78, 5) is 13.9. The molecule has 2 aromatic rings. The third-order valence-corrected chi connectivity index (χ3v) is 5.75. The number of carbonyl (C=O) groups excluding carboxylic acids is 1. The zero-order valence-corrected chi connectivity index (χ0v) is 14.4. The Kier molecular flexibility index (Phi) is 4.03. The molecule has 22 heavy (non-hydrogen) atoms. The lowest BCUT2D eigenvalue weighted by atomic mass is 9.93. The number of amides is 1. The maximum atomic E-state index is 12.7. The zero-order chi connectivity index (χ0) is 15.8. The molecular weight excluding hydrogens is 318 g/mol. The van der Waals surface area contributed by atoms with Gasteiger partial charge in [0.2, 0.25) is 5.91 Å². The van der Waals surface area contributed by atoms with Crippen LogP contribution in [0.15, 0.2) is 29.9 Å². The Hall–Kier alpha value is -1.33. The Balaban J connectivity index is 1.55. The molecule has 1 atom stereocenters. The Morgan fingerprint density at radius 1 is 1.55 bits per heavy atom. The first-order valence-electron chi connectivity index (χ1n) is 7.46. The fourth-order valence-corrected chi connectivity index (χ4v) is 4.37. The van der Waals surface area contributed by atoms with Crippen LogP contribution in [0.25, 0.3) is 0 Å². The molecule has 2 heterocycles. The highest BCUT2D eigenvalue weighted by Crippen LogP contribution is 2.65. The number of nitrogens with one attached hydrogen (secondary N) is 1. The highest BCUT2D eigenvalue weighted by molar-refractivity contribution is 7.10. The van der Waals surface area contributed by atoms with Gasteiger partial charge >= 0.3 is 0 Å². The highest BCUT2D eigenvalue weighted by Gasteiger charge is 2.67. The molecule has 118 valence electrons. The summed E-state index contributed by atoms with van der Waals surface area (Å²) in [5.74, 6) is 0.151. The molecule has 0 saturated heterocycles. The number of aromatic nitrogens is 2. The van der Waals surface area contributed by atoms with Crippen molar-refractivity contribution < 1.29 is 4.79 Å². The van der Waals surface area contributed by atoms with Crippen molar-refractivity contribution >= 4 is 28.8 Å². The lowest BCUT2D eigenvalue weighted by molar-refractivity contribution is -0.124. The molecule has 0 bridgehead atoms. The van der Waals surface area contributed by atoms with Gasteiger partial charge in [0.15, 0.2) is 0 Å². The summed E-state index contributed by atoms with van der Waals surface area (Å²) in [6, 6.07) is 4.09. The van der Waals surface area contributed by atoms with Gasteiger partial charge in [-0.1, -0.05) is 31.5 Å². The van der Waals surface area contributed by atoms with Gasteiger partial charge in [0.25, 0.3) is 0 Å². The first kappa shape index (κ1) is 15.6. The van der Waals surface area contributed by atoms with Crippen molar-refractivity contribution in [3.63, 3.8) is 0 Å². The molecule has 1 fully saturated rings. The number of rotatable bonds is 6. The Morgan fingerprint density at radius 3 is 2.86 bits per heavy atom. The standard InChI is InChI=1S/C16H20ClN3OS/c1-15(2)11-16(15,13-5-3-8-22-13)14(21)18-6-4-7-20-10-12(17)9-19-20/h3,5,8-10H,4,6-7,11H2,1-2H3,(H,18,21). The normalized spacial score (nSPS) is 22.5. The minimum absolute atomic E-state index is 0.0391. The minimum Gasteiger partial charge on any atom is -0.355 e. The number of aryl methyl sites for hydroxylation is 1. The topological polar surface area (TPSA) is 46.9 Å². The van der Waals surface area contributed by atoms with Crippen molar-refractivity contribution in [2.45, 2.75) is 38.6 Å². The van der Waals surface area contributed by atoms with Gasteiger partial charge in [-0.05, 0) is 29.7 Å². The van der Waals surface area contributed by atoms with Gasteiger partial charge in [-0.2, -0.15) is 5.10 Å². The molecule has 1 aliphatic rings. The summed E-state index contributed by atoms with van der Waals surface area (Å²) in [6.07, 6.45) is 5.17. The van der Waals surface area contributed by atoms with Crippen molar-refractivity contribution in [1.29, 1.82) is 0 Å². The van der Waals surface area contributed by atoms with Crippen LogP contribution < -0.4 is 5.32 Å². The average molecular weight is 338 g/mol. The second kappa shape index (κ2) is 5.70. The van der Waals surface area contributed by atoms with Crippen molar-refractivity contribution in [2.24, 2.45) is 5.41 Å². The van der Waals surface area contributed by atoms with Crippen LogP contribution >= 0.6 is 22.9 Å². The Morgan fingerprint density at radius 2 is 2.32 bits per heavy atom. The van der Waals surface area contributed by atoms with E-state index in [2.05, 4.69) is 30.3 Å². The van der Waals surface area contributed by atoms with Gasteiger partial charge in [-0.3, -0.25) is 9.48 Å². The monoisotopic (exact) mass is 337 g/mol. The predicted molar refractivity (Wildman–Crippen MR) is 89.3 cm³/mol. The Labute approximate surface area is 139 Å². The van der Waals surface area contributed by atoms with Crippen LogP contribution in [0.3, 0.4) is 0 Å². The van der Waals surface area contributed by atoms with Gasteiger partial charge in [0, 0.05) is 24.2 Å². The maximum Gasteiger partial charge on any atom is 0.232 e. The first-order chi connectivity index (χ1) is 10.5. The van der Waals surface area contributed by atoms with Crippen molar-refractivity contribution in [3.05, 3.63) is 39.8 Å². The second-order valence-electron chi connectivity index (χ2n) is 6.47. The largest absolute Gasteiger partial charge is 0.355 e. The maximum absolute atomic E-state index is 12.7. The Bertz CT molecular complexity index is 665. The van der Waals surface area contributed by atoms with E-state index in [1.54, 1.807) is 28.4 Å². The number of hydrogen-bond donors (Lipinski definition) is 1. The van der Waals surface area contributed by atoms with E-state index >= 15 is 0 Å². The van der Waals surface area contributed by atoms with Gasteiger partial charge in [0.1, 0.15) is 0 Å². The lowest BCUT2D eigenvalue weighted by Gasteiger charge is -2.19. The molecule has 6 heteroatoms. The number of nitrogens with zero attached hydrogens (tertiary/aromatic N) is 2. The molecule has 2 aromatic heterocycles. The van der Waals surface area contributed by atoms with Gasteiger partial charge in [-0.25, -0.2) is 0 Å². The molecule has 1 saturated carbocycles. The molecule has 4 nitrogen and oxygen atoms in total. The molecule has 0 aliphatic heterocycles.